The number of halogens is 1. The maximum atomic E-state index is 12.2. The van der Waals surface area contributed by atoms with Gasteiger partial charge in [-0.2, -0.15) is 5.10 Å². The summed E-state index contributed by atoms with van der Waals surface area (Å²) in [4.78, 5) is 12.2. The molecule has 0 fully saturated rings. The quantitative estimate of drug-likeness (QED) is 0.467. The molecule has 0 saturated heterocycles. The minimum Gasteiger partial charge on any atom is -0.496 e. The summed E-state index contributed by atoms with van der Waals surface area (Å²) < 4.78 is 11.0. The Kier molecular flexibility index (Phi) is 6.65. The molecule has 0 saturated carbocycles. The minimum absolute atomic E-state index is 0.344. The van der Waals surface area contributed by atoms with E-state index in [1.807, 2.05) is 48.5 Å². The van der Waals surface area contributed by atoms with Crippen LogP contribution < -0.4 is 14.9 Å². The van der Waals surface area contributed by atoms with Crippen molar-refractivity contribution in [2.45, 2.75) is 6.61 Å². The SMILES string of the molecule is COc1ccccc1C(=O)N/N=C/c1cccc(OCc2ccc(Cl)cc2)c1. The van der Waals surface area contributed by atoms with Gasteiger partial charge in [-0.1, -0.05) is 48.0 Å². The second-order valence-corrected chi connectivity index (χ2v) is 6.32. The van der Waals surface area contributed by atoms with Gasteiger partial charge in [0.1, 0.15) is 18.1 Å². The highest BCUT2D eigenvalue weighted by atomic mass is 35.5. The standard InChI is InChI=1S/C22H19ClN2O3/c1-27-21-8-3-2-7-20(21)22(26)25-24-14-17-5-4-6-19(13-17)28-15-16-9-11-18(23)12-10-16/h2-14H,15H2,1H3,(H,25,26)/b24-14+. The zero-order chi connectivity index (χ0) is 19.8. The molecule has 0 aliphatic carbocycles. The smallest absolute Gasteiger partial charge is 0.275 e. The number of hydrazone groups is 1. The van der Waals surface area contributed by atoms with E-state index in [9.17, 15) is 4.79 Å². The van der Waals surface area contributed by atoms with Gasteiger partial charge in [0.05, 0.1) is 18.9 Å². The number of ether oxygens (including phenoxy) is 2. The number of amides is 1. The molecule has 28 heavy (non-hydrogen) atoms. The van der Waals surface area contributed by atoms with E-state index in [1.165, 1.54) is 7.11 Å². The first-order chi connectivity index (χ1) is 13.7. The highest BCUT2D eigenvalue weighted by Crippen LogP contribution is 2.17. The molecule has 3 aromatic carbocycles. The lowest BCUT2D eigenvalue weighted by Gasteiger charge is -2.07. The number of benzene rings is 3. The van der Waals surface area contributed by atoms with Gasteiger partial charge in [0, 0.05) is 5.02 Å². The first kappa shape index (κ1) is 19.5. The van der Waals surface area contributed by atoms with Gasteiger partial charge in [0.25, 0.3) is 5.91 Å². The summed E-state index contributed by atoms with van der Waals surface area (Å²) in [6.45, 7) is 0.433. The van der Waals surface area contributed by atoms with E-state index < -0.39 is 0 Å². The fourth-order valence-electron chi connectivity index (χ4n) is 2.49. The zero-order valence-electron chi connectivity index (χ0n) is 15.3. The molecule has 0 aromatic heterocycles. The highest BCUT2D eigenvalue weighted by Gasteiger charge is 2.09. The van der Waals surface area contributed by atoms with Crippen molar-refractivity contribution in [3.05, 3.63) is 94.5 Å². The molecule has 3 rings (SSSR count). The predicted octanol–water partition coefficient (Wildman–Crippen LogP) is 4.69. The topological polar surface area (TPSA) is 59.9 Å². The van der Waals surface area contributed by atoms with Gasteiger partial charge < -0.3 is 9.47 Å². The fourth-order valence-corrected chi connectivity index (χ4v) is 2.62. The minimum atomic E-state index is -0.344. The van der Waals surface area contributed by atoms with Crippen molar-refractivity contribution in [2.75, 3.05) is 7.11 Å². The molecule has 0 aliphatic rings. The first-order valence-corrected chi connectivity index (χ1v) is 8.97. The lowest BCUT2D eigenvalue weighted by atomic mass is 10.2. The van der Waals surface area contributed by atoms with Crippen LogP contribution in [0, 0.1) is 0 Å². The van der Waals surface area contributed by atoms with Gasteiger partial charge in [-0.05, 0) is 47.5 Å². The number of methoxy groups -OCH3 is 1. The van der Waals surface area contributed by atoms with Crippen LogP contribution in [-0.2, 0) is 6.61 Å². The van der Waals surface area contributed by atoms with Crippen LogP contribution in [0.5, 0.6) is 11.5 Å². The summed E-state index contributed by atoms with van der Waals surface area (Å²) in [5, 5.41) is 4.70. The molecule has 5 nitrogen and oxygen atoms in total. The van der Waals surface area contributed by atoms with Crippen LogP contribution in [0.4, 0.5) is 0 Å². The molecule has 3 aromatic rings. The number of nitrogens with one attached hydrogen (secondary N) is 1. The van der Waals surface area contributed by atoms with E-state index in [2.05, 4.69) is 10.5 Å². The predicted molar refractivity (Wildman–Crippen MR) is 110 cm³/mol. The lowest BCUT2D eigenvalue weighted by Crippen LogP contribution is -2.18. The number of carbonyl (C=O) groups is 1. The molecule has 0 radical (unpaired) electrons. The Morgan fingerprint density at radius 1 is 1.07 bits per heavy atom. The second kappa shape index (κ2) is 9.58. The van der Waals surface area contributed by atoms with Crippen molar-refractivity contribution in [1.82, 2.24) is 5.43 Å². The van der Waals surface area contributed by atoms with Gasteiger partial charge in [-0.25, -0.2) is 5.43 Å². The maximum Gasteiger partial charge on any atom is 0.275 e. The Bertz CT molecular complexity index is 972. The largest absolute Gasteiger partial charge is 0.496 e. The van der Waals surface area contributed by atoms with E-state index in [0.29, 0.717) is 28.7 Å². The molecule has 1 amide bonds. The summed E-state index contributed by atoms with van der Waals surface area (Å²) in [5.74, 6) is 0.853. The Morgan fingerprint density at radius 3 is 2.64 bits per heavy atom. The maximum absolute atomic E-state index is 12.2. The average Bonchev–Trinajstić information content (AvgIpc) is 2.73. The molecule has 6 heteroatoms. The van der Waals surface area contributed by atoms with Gasteiger partial charge >= 0.3 is 0 Å². The average molecular weight is 395 g/mol. The van der Waals surface area contributed by atoms with Crippen LogP contribution in [0.15, 0.2) is 77.9 Å². The first-order valence-electron chi connectivity index (χ1n) is 8.59. The van der Waals surface area contributed by atoms with Gasteiger partial charge in [0.2, 0.25) is 0 Å². The van der Waals surface area contributed by atoms with Crippen LogP contribution in [-0.4, -0.2) is 19.2 Å². The van der Waals surface area contributed by atoms with Crippen LogP contribution >= 0.6 is 11.6 Å². The molecule has 0 heterocycles. The van der Waals surface area contributed by atoms with Crippen LogP contribution in [0.2, 0.25) is 5.02 Å². The van der Waals surface area contributed by atoms with Gasteiger partial charge in [-0.3, -0.25) is 4.79 Å². The monoisotopic (exact) mass is 394 g/mol. The number of para-hydroxylation sites is 1. The Balaban J connectivity index is 1.59. The van der Waals surface area contributed by atoms with Crippen molar-refractivity contribution >= 4 is 23.7 Å². The molecule has 0 unspecified atom stereocenters. The Hall–Kier alpha value is -3.31. The Morgan fingerprint density at radius 2 is 1.86 bits per heavy atom. The van der Waals surface area contributed by atoms with E-state index in [-0.39, 0.29) is 5.91 Å². The van der Waals surface area contributed by atoms with Crippen molar-refractivity contribution in [3.63, 3.8) is 0 Å². The van der Waals surface area contributed by atoms with Crippen molar-refractivity contribution in [1.29, 1.82) is 0 Å². The summed E-state index contributed by atoms with van der Waals surface area (Å²) in [7, 11) is 1.52. The summed E-state index contributed by atoms with van der Waals surface area (Å²) in [5.41, 5.74) is 4.74. The molecule has 0 atom stereocenters. The van der Waals surface area contributed by atoms with E-state index in [0.717, 1.165) is 11.1 Å². The van der Waals surface area contributed by atoms with E-state index in [4.69, 9.17) is 21.1 Å². The summed E-state index contributed by atoms with van der Waals surface area (Å²) in [6, 6.07) is 21.9. The Labute approximate surface area is 168 Å². The number of hydrogen-bond acceptors (Lipinski definition) is 4. The van der Waals surface area contributed by atoms with Crippen molar-refractivity contribution in [2.24, 2.45) is 5.10 Å². The van der Waals surface area contributed by atoms with Crippen molar-refractivity contribution in [3.8, 4) is 11.5 Å². The normalized spacial score (nSPS) is 10.6. The molecular formula is C22H19ClN2O3. The lowest BCUT2D eigenvalue weighted by molar-refractivity contribution is 0.0952. The molecule has 0 spiro atoms. The summed E-state index contributed by atoms with van der Waals surface area (Å²) in [6.07, 6.45) is 1.56. The molecule has 0 aliphatic heterocycles. The van der Waals surface area contributed by atoms with Gasteiger partial charge in [-0.15, -0.1) is 0 Å². The van der Waals surface area contributed by atoms with E-state index >= 15 is 0 Å². The van der Waals surface area contributed by atoms with Crippen LogP contribution in [0.3, 0.4) is 0 Å². The molecule has 0 bridgehead atoms. The zero-order valence-corrected chi connectivity index (χ0v) is 16.0. The number of nitrogens with zero attached hydrogens (tertiary/aromatic N) is 1. The molecule has 142 valence electrons. The van der Waals surface area contributed by atoms with Crippen molar-refractivity contribution < 1.29 is 14.3 Å². The highest BCUT2D eigenvalue weighted by molar-refractivity contribution is 6.30. The third-order valence-electron chi connectivity index (χ3n) is 3.91. The number of hydrogen-bond donors (Lipinski definition) is 1. The summed E-state index contributed by atoms with van der Waals surface area (Å²) >= 11 is 5.88. The second-order valence-electron chi connectivity index (χ2n) is 5.89. The van der Waals surface area contributed by atoms with Gasteiger partial charge in [0.15, 0.2) is 0 Å². The number of carbonyl (C=O) groups excluding carboxylic acids is 1. The molecular weight excluding hydrogens is 376 g/mol. The van der Waals surface area contributed by atoms with E-state index in [1.54, 1.807) is 30.5 Å². The fraction of sp³-hybridized carbons (Fsp3) is 0.0909. The molecule has 1 N–H and O–H groups in total. The third-order valence-corrected chi connectivity index (χ3v) is 4.16. The van der Waals surface area contributed by atoms with Crippen LogP contribution in [0.1, 0.15) is 21.5 Å². The number of rotatable bonds is 7. The third kappa shape index (κ3) is 5.34. The van der Waals surface area contributed by atoms with Crippen LogP contribution in [0.25, 0.3) is 0 Å².